The number of methoxy groups -OCH3 is 1. The molecule has 1 aromatic heterocycles. The molecule has 1 atom stereocenters. The molecule has 0 aliphatic heterocycles. The number of hydrogen-bond acceptors (Lipinski definition) is 7. The number of carbonyl (C=O) groups is 1. The fourth-order valence-electron chi connectivity index (χ4n) is 5.05. The minimum Gasteiger partial charge on any atom is -0.496 e. The number of aliphatic hydroxyl groups excluding tert-OH is 1. The fourth-order valence-corrected chi connectivity index (χ4v) is 5.39. The van der Waals surface area contributed by atoms with Crippen LogP contribution >= 0.6 is 11.6 Å². The van der Waals surface area contributed by atoms with Crippen LogP contribution in [0.15, 0.2) is 85.1 Å². The summed E-state index contributed by atoms with van der Waals surface area (Å²) in [6.07, 6.45) is 1.86. The number of nitrogens with zero attached hydrogens (tertiary/aromatic N) is 2. The van der Waals surface area contributed by atoms with Gasteiger partial charge in [-0.3, -0.25) is 14.8 Å². The molecule has 0 radical (unpaired) electrons. The van der Waals surface area contributed by atoms with Gasteiger partial charge in [0.15, 0.2) is 0 Å². The van der Waals surface area contributed by atoms with Gasteiger partial charge in [-0.2, -0.15) is 10.6 Å². The Bertz CT molecular complexity index is 1720. The SMILES string of the molecule is CONCc1ccc(-c2cccc(-c3cccc4c3cnn4Cc3ccc(CN[C@@H](CO)C(=O)O)c(OC)c3)c2Cl)cc1. The van der Waals surface area contributed by atoms with Crippen LogP contribution in [0.3, 0.4) is 0 Å². The molecule has 0 unspecified atom stereocenters. The van der Waals surface area contributed by atoms with E-state index in [2.05, 4.69) is 41.1 Å². The maximum Gasteiger partial charge on any atom is 0.323 e. The Kier molecular flexibility index (Phi) is 9.71. The van der Waals surface area contributed by atoms with Crippen LogP contribution in [0.2, 0.25) is 5.02 Å². The summed E-state index contributed by atoms with van der Waals surface area (Å²) in [6.45, 7) is 0.857. The van der Waals surface area contributed by atoms with E-state index in [-0.39, 0.29) is 6.54 Å². The summed E-state index contributed by atoms with van der Waals surface area (Å²) >= 11 is 7.03. The summed E-state index contributed by atoms with van der Waals surface area (Å²) < 4.78 is 7.51. The molecule has 0 amide bonds. The minimum absolute atomic E-state index is 0.240. The number of carboxylic acids is 1. The van der Waals surface area contributed by atoms with Crippen molar-refractivity contribution in [2.75, 3.05) is 20.8 Å². The normalized spacial score (nSPS) is 12.0. The van der Waals surface area contributed by atoms with Crippen molar-refractivity contribution >= 4 is 28.5 Å². The van der Waals surface area contributed by atoms with Crippen molar-refractivity contribution in [3.05, 3.63) is 107 Å². The Labute approximate surface area is 254 Å². The molecule has 4 aromatic carbocycles. The lowest BCUT2D eigenvalue weighted by atomic mass is 9.96. The van der Waals surface area contributed by atoms with Gasteiger partial charge in [0.05, 0.1) is 44.1 Å². The van der Waals surface area contributed by atoms with Gasteiger partial charge in [-0.15, -0.1) is 0 Å². The summed E-state index contributed by atoms with van der Waals surface area (Å²) in [4.78, 5) is 16.2. The van der Waals surface area contributed by atoms with Crippen LogP contribution < -0.4 is 15.5 Å². The van der Waals surface area contributed by atoms with Crippen LogP contribution in [0, 0.1) is 0 Å². The molecular formula is C33H33ClN4O5. The zero-order chi connectivity index (χ0) is 30.3. The van der Waals surface area contributed by atoms with Crippen molar-refractivity contribution in [3.8, 4) is 28.0 Å². The number of rotatable bonds is 13. The lowest BCUT2D eigenvalue weighted by Gasteiger charge is -2.15. The summed E-state index contributed by atoms with van der Waals surface area (Å²) in [5.74, 6) is -0.489. The van der Waals surface area contributed by atoms with Crippen molar-refractivity contribution < 1.29 is 24.6 Å². The summed E-state index contributed by atoms with van der Waals surface area (Å²) in [6, 6.07) is 25.1. The molecule has 10 heteroatoms. The van der Waals surface area contributed by atoms with Gasteiger partial charge in [0.2, 0.25) is 0 Å². The molecule has 9 nitrogen and oxygen atoms in total. The Hall–Kier alpha value is -4.25. The highest BCUT2D eigenvalue weighted by Crippen LogP contribution is 2.39. The molecule has 4 N–H and O–H groups in total. The highest BCUT2D eigenvalue weighted by atomic mass is 35.5. The van der Waals surface area contributed by atoms with Crippen molar-refractivity contribution in [2.24, 2.45) is 0 Å². The molecule has 43 heavy (non-hydrogen) atoms. The number of carboxylic acid groups (broad SMARTS) is 1. The number of halogens is 1. The van der Waals surface area contributed by atoms with E-state index in [1.807, 2.05) is 59.4 Å². The molecule has 5 aromatic rings. The minimum atomic E-state index is -1.11. The van der Waals surface area contributed by atoms with Gasteiger partial charge in [0.1, 0.15) is 11.8 Å². The number of hydroxylamine groups is 1. The predicted molar refractivity (Wildman–Crippen MR) is 167 cm³/mol. The zero-order valence-electron chi connectivity index (χ0n) is 23.9. The second-order valence-corrected chi connectivity index (χ2v) is 10.4. The first-order valence-electron chi connectivity index (χ1n) is 13.7. The number of fused-ring (bicyclic) bond motifs is 1. The molecule has 0 saturated carbocycles. The molecule has 0 spiro atoms. The van der Waals surface area contributed by atoms with Gasteiger partial charge in [0, 0.05) is 35.2 Å². The Morgan fingerprint density at radius 3 is 2.40 bits per heavy atom. The number of hydrogen-bond donors (Lipinski definition) is 4. The first-order chi connectivity index (χ1) is 20.9. The zero-order valence-corrected chi connectivity index (χ0v) is 24.6. The van der Waals surface area contributed by atoms with Crippen molar-refractivity contribution in [1.82, 2.24) is 20.6 Å². The number of ether oxygens (including phenoxy) is 1. The largest absolute Gasteiger partial charge is 0.496 e. The maximum atomic E-state index is 11.2. The summed E-state index contributed by atoms with van der Waals surface area (Å²) in [7, 11) is 3.17. The molecule has 0 bridgehead atoms. The summed E-state index contributed by atoms with van der Waals surface area (Å²) in [5, 5.41) is 27.7. The lowest BCUT2D eigenvalue weighted by Crippen LogP contribution is -2.39. The van der Waals surface area contributed by atoms with Crippen LogP contribution in [0.25, 0.3) is 33.2 Å². The van der Waals surface area contributed by atoms with Crippen molar-refractivity contribution in [2.45, 2.75) is 25.7 Å². The van der Waals surface area contributed by atoms with Crippen LogP contribution in [0.4, 0.5) is 0 Å². The van der Waals surface area contributed by atoms with Gasteiger partial charge in [-0.05, 0) is 34.4 Å². The van der Waals surface area contributed by atoms with Crippen LogP contribution in [-0.4, -0.2) is 52.8 Å². The van der Waals surface area contributed by atoms with Crippen LogP contribution in [-0.2, 0) is 29.3 Å². The van der Waals surface area contributed by atoms with E-state index in [0.29, 0.717) is 23.9 Å². The Morgan fingerprint density at radius 1 is 0.953 bits per heavy atom. The molecular weight excluding hydrogens is 568 g/mol. The smallest absolute Gasteiger partial charge is 0.323 e. The van der Waals surface area contributed by atoms with E-state index in [4.69, 9.17) is 26.3 Å². The molecule has 0 aliphatic carbocycles. The first kappa shape index (κ1) is 30.2. The highest BCUT2D eigenvalue weighted by Gasteiger charge is 2.17. The van der Waals surface area contributed by atoms with Crippen molar-refractivity contribution in [3.63, 3.8) is 0 Å². The third-order valence-corrected chi connectivity index (χ3v) is 7.77. The van der Waals surface area contributed by atoms with E-state index < -0.39 is 18.6 Å². The molecule has 222 valence electrons. The highest BCUT2D eigenvalue weighted by molar-refractivity contribution is 6.36. The van der Waals surface area contributed by atoms with E-state index in [0.717, 1.165) is 49.8 Å². The Morgan fingerprint density at radius 2 is 1.67 bits per heavy atom. The van der Waals surface area contributed by atoms with E-state index >= 15 is 0 Å². The molecule has 0 aliphatic rings. The van der Waals surface area contributed by atoms with Gasteiger partial charge in [-0.1, -0.05) is 78.3 Å². The number of aliphatic carboxylic acids is 1. The van der Waals surface area contributed by atoms with Gasteiger partial charge in [0.25, 0.3) is 0 Å². The van der Waals surface area contributed by atoms with E-state index in [1.165, 1.54) is 0 Å². The van der Waals surface area contributed by atoms with Crippen LogP contribution in [0.5, 0.6) is 5.75 Å². The van der Waals surface area contributed by atoms with Gasteiger partial charge < -0.3 is 19.8 Å². The number of nitrogens with one attached hydrogen (secondary N) is 2. The number of aromatic nitrogens is 2. The van der Waals surface area contributed by atoms with E-state index in [1.54, 1.807) is 14.2 Å². The topological polar surface area (TPSA) is 118 Å². The van der Waals surface area contributed by atoms with Gasteiger partial charge in [-0.25, -0.2) is 0 Å². The number of benzene rings is 4. The molecule has 5 rings (SSSR count). The summed E-state index contributed by atoms with van der Waals surface area (Å²) in [5.41, 5.74) is 10.6. The molecule has 1 heterocycles. The van der Waals surface area contributed by atoms with Crippen LogP contribution in [0.1, 0.15) is 16.7 Å². The second kappa shape index (κ2) is 13.8. The fraction of sp³-hybridized carbons (Fsp3) is 0.212. The monoisotopic (exact) mass is 600 g/mol. The second-order valence-electron chi connectivity index (χ2n) is 10.0. The average Bonchev–Trinajstić information content (AvgIpc) is 3.44. The standard InChI is InChI=1S/C33H33ClN4O5/c1-42-31-15-22(11-14-24(31)17-35-29(20-39)33(40)41)19-38-30-8-4-6-26(28(30)18-36-38)27-7-3-5-25(32(27)34)23-12-9-21(10-13-23)16-37-43-2/h3-15,18,29,35,37,39H,16-17,19-20H2,1-2H3,(H,40,41)/t29-/m0/s1. The predicted octanol–water partition coefficient (Wildman–Crippen LogP) is 5.27. The quantitative estimate of drug-likeness (QED) is 0.135. The van der Waals surface area contributed by atoms with Crippen molar-refractivity contribution in [1.29, 1.82) is 0 Å². The third-order valence-electron chi connectivity index (χ3n) is 7.37. The van der Waals surface area contributed by atoms with Gasteiger partial charge >= 0.3 is 5.97 Å². The average molecular weight is 601 g/mol. The molecule has 0 saturated heterocycles. The Balaban J connectivity index is 1.40. The maximum absolute atomic E-state index is 11.2. The number of aliphatic hydroxyl groups is 1. The lowest BCUT2D eigenvalue weighted by molar-refractivity contribution is -0.140. The first-order valence-corrected chi connectivity index (χ1v) is 14.1. The third kappa shape index (κ3) is 6.72. The van der Waals surface area contributed by atoms with E-state index in [9.17, 15) is 15.0 Å². The molecule has 0 fully saturated rings.